The third-order valence-corrected chi connectivity index (χ3v) is 4.07. The van der Waals surface area contributed by atoms with Gasteiger partial charge in [-0.15, -0.1) is 0 Å². The molecule has 0 heterocycles. The molecule has 0 aliphatic carbocycles. The van der Waals surface area contributed by atoms with Gasteiger partial charge in [-0.3, -0.25) is 0 Å². The van der Waals surface area contributed by atoms with Crippen LogP contribution in [0.15, 0.2) is 18.2 Å². The van der Waals surface area contributed by atoms with Crippen molar-refractivity contribution in [2.45, 2.75) is 45.4 Å². The van der Waals surface area contributed by atoms with Gasteiger partial charge in [0.1, 0.15) is 5.75 Å². The second kappa shape index (κ2) is 11.0. The first kappa shape index (κ1) is 20.4. The third-order valence-electron chi connectivity index (χ3n) is 3.33. The molecular formula is C16H23Cl2N3O3. The summed E-state index contributed by atoms with van der Waals surface area (Å²) in [4.78, 5) is 23.2. The van der Waals surface area contributed by atoms with Crippen LogP contribution in [0.1, 0.15) is 45.4 Å². The highest BCUT2D eigenvalue weighted by Crippen LogP contribution is 2.26. The molecule has 3 amide bonds. The summed E-state index contributed by atoms with van der Waals surface area (Å²) in [6.45, 7) is 2.48. The number of hydrogen-bond acceptors (Lipinski definition) is 3. The summed E-state index contributed by atoms with van der Waals surface area (Å²) in [5.41, 5.74) is 7.59. The number of benzene rings is 1. The predicted molar refractivity (Wildman–Crippen MR) is 95.3 cm³/mol. The average Bonchev–Trinajstić information content (AvgIpc) is 2.53. The normalized spacial score (nSPS) is 10.3. The Morgan fingerprint density at radius 1 is 1.12 bits per heavy atom. The minimum atomic E-state index is -0.821. The second-order valence-electron chi connectivity index (χ2n) is 5.33. The van der Waals surface area contributed by atoms with Gasteiger partial charge in [-0.05, 0) is 18.6 Å². The number of nitrogens with two attached hydrogens (primary N) is 1. The van der Waals surface area contributed by atoms with E-state index in [9.17, 15) is 9.59 Å². The molecule has 0 spiro atoms. The lowest BCUT2D eigenvalue weighted by Crippen LogP contribution is -2.50. The number of carbonyl (C=O) groups is 2. The van der Waals surface area contributed by atoms with Gasteiger partial charge >= 0.3 is 12.1 Å². The fourth-order valence-corrected chi connectivity index (χ4v) is 2.34. The molecule has 0 aromatic heterocycles. The summed E-state index contributed by atoms with van der Waals surface area (Å²) in [7, 11) is 0. The molecule has 134 valence electrons. The van der Waals surface area contributed by atoms with Crippen molar-refractivity contribution in [2.75, 3.05) is 6.54 Å². The monoisotopic (exact) mass is 375 g/mol. The van der Waals surface area contributed by atoms with Gasteiger partial charge < -0.3 is 10.5 Å². The number of amides is 3. The van der Waals surface area contributed by atoms with E-state index in [0.29, 0.717) is 11.6 Å². The zero-order valence-electron chi connectivity index (χ0n) is 13.7. The van der Waals surface area contributed by atoms with Gasteiger partial charge in [-0.1, -0.05) is 62.2 Å². The number of ether oxygens (including phenoxy) is 1. The molecule has 0 saturated carbocycles. The molecule has 0 unspecified atom stereocenters. The number of nitrogens with one attached hydrogen (secondary N) is 1. The molecule has 0 aliphatic heterocycles. The number of hydrogen-bond donors (Lipinski definition) is 2. The standard InChI is InChI=1S/C16H23Cl2N3O3/c1-2-3-4-5-6-7-10-21(15(19)22)20-16(23)24-12-8-9-13(17)14(18)11-12/h8-9,11H,2-7,10H2,1H3,(H2,19,22)(H,20,23). The number of nitrogens with zero attached hydrogens (tertiary/aromatic N) is 1. The molecule has 0 atom stereocenters. The Morgan fingerprint density at radius 2 is 1.79 bits per heavy atom. The molecule has 8 heteroatoms. The lowest BCUT2D eigenvalue weighted by molar-refractivity contribution is 0.150. The van der Waals surface area contributed by atoms with Gasteiger partial charge in [0.15, 0.2) is 0 Å². The van der Waals surface area contributed by atoms with Crippen LogP contribution >= 0.6 is 23.2 Å². The number of urea groups is 1. The summed E-state index contributed by atoms with van der Waals surface area (Å²) in [5, 5.41) is 1.66. The first-order chi connectivity index (χ1) is 11.4. The maximum atomic E-state index is 11.8. The number of halogens is 2. The van der Waals surface area contributed by atoms with Crippen LogP contribution in [0, 0.1) is 0 Å². The molecule has 6 nitrogen and oxygen atoms in total. The molecule has 3 N–H and O–H groups in total. The number of primary amides is 1. The molecule has 1 aromatic rings. The lowest BCUT2D eigenvalue weighted by Gasteiger charge is -2.20. The van der Waals surface area contributed by atoms with E-state index in [1.54, 1.807) is 0 Å². The van der Waals surface area contributed by atoms with E-state index in [-0.39, 0.29) is 10.8 Å². The first-order valence-electron chi connectivity index (χ1n) is 7.94. The molecule has 0 saturated heterocycles. The van der Waals surface area contributed by atoms with E-state index in [1.165, 1.54) is 37.5 Å². The molecule has 0 aliphatic rings. The van der Waals surface area contributed by atoms with Gasteiger partial charge in [-0.2, -0.15) is 0 Å². The number of hydrazine groups is 1. The highest BCUT2D eigenvalue weighted by atomic mass is 35.5. The minimum Gasteiger partial charge on any atom is -0.409 e. The Balaban J connectivity index is 2.41. The summed E-state index contributed by atoms with van der Waals surface area (Å²) >= 11 is 11.6. The highest BCUT2D eigenvalue weighted by Gasteiger charge is 2.14. The van der Waals surface area contributed by atoms with Crippen LogP contribution in [0.5, 0.6) is 5.75 Å². The van der Waals surface area contributed by atoms with Crippen LogP contribution in [-0.4, -0.2) is 23.7 Å². The van der Waals surface area contributed by atoms with Crippen molar-refractivity contribution in [1.82, 2.24) is 10.4 Å². The van der Waals surface area contributed by atoms with Crippen molar-refractivity contribution < 1.29 is 14.3 Å². The van der Waals surface area contributed by atoms with Crippen molar-refractivity contribution in [3.63, 3.8) is 0 Å². The minimum absolute atomic E-state index is 0.214. The molecule has 0 fully saturated rings. The highest BCUT2D eigenvalue weighted by molar-refractivity contribution is 6.42. The second-order valence-corrected chi connectivity index (χ2v) is 6.15. The Labute approximate surface area is 152 Å². The van der Waals surface area contributed by atoms with Crippen LogP contribution < -0.4 is 15.9 Å². The fraction of sp³-hybridized carbons (Fsp3) is 0.500. The van der Waals surface area contributed by atoms with Gasteiger partial charge in [0.05, 0.1) is 10.0 Å². The Kier molecular flexibility index (Phi) is 9.34. The zero-order valence-corrected chi connectivity index (χ0v) is 15.2. The van der Waals surface area contributed by atoms with Crippen LogP contribution in [-0.2, 0) is 0 Å². The van der Waals surface area contributed by atoms with Crippen molar-refractivity contribution in [1.29, 1.82) is 0 Å². The van der Waals surface area contributed by atoms with Gasteiger partial charge in [0.2, 0.25) is 0 Å². The smallest absolute Gasteiger partial charge is 0.409 e. The van der Waals surface area contributed by atoms with Crippen molar-refractivity contribution in [2.24, 2.45) is 5.73 Å². The van der Waals surface area contributed by atoms with Crippen molar-refractivity contribution in [3.8, 4) is 5.75 Å². The Morgan fingerprint density at radius 3 is 2.42 bits per heavy atom. The molecule has 0 radical (unpaired) electrons. The molecule has 24 heavy (non-hydrogen) atoms. The van der Waals surface area contributed by atoms with E-state index in [1.807, 2.05) is 0 Å². The van der Waals surface area contributed by atoms with E-state index in [2.05, 4.69) is 12.3 Å². The van der Waals surface area contributed by atoms with Crippen molar-refractivity contribution >= 4 is 35.3 Å². The molecule has 0 bridgehead atoms. The van der Waals surface area contributed by atoms with Crippen LogP contribution in [0.4, 0.5) is 9.59 Å². The number of carbonyl (C=O) groups excluding carboxylic acids is 2. The van der Waals surface area contributed by atoms with E-state index in [4.69, 9.17) is 33.7 Å². The molecular weight excluding hydrogens is 353 g/mol. The van der Waals surface area contributed by atoms with Gasteiger partial charge in [-0.25, -0.2) is 20.0 Å². The van der Waals surface area contributed by atoms with Crippen LogP contribution in [0.2, 0.25) is 10.0 Å². The first-order valence-corrected chi connectivity index (χ1v) is 8.70. The largest absolute Gasteiger partial charge is 0.431 e. The van der Waals surface area contributed by atoms with E-state index in [0.717, 1.165) is 24.3 Å². The Hall–Kier alpha value is -1.66. The summed E-state index contributed by atoms with van der Waals surface area (Å²) in [6, 6.07) is 3.67. The third kappa shape index (κ3) is 7.75. The van der Waals surface area contributed by atoms with Crippen LogP contribution in [0.3, 0.4) is 0 Å². The predicted octanol–water partition coefficient (Wildman–Crippen LogP) is 4.74. The topological polar surface area (TPSA) is 84.7 Å². The number of rotatable bonds is 8. The maximum absolute atomic E-state index is 11.8. The van der Waals surface area contributed by atoms with E-state index < -0.39 is 12.1 Å². The van der Waals surface area contributed by atoms with Crippen LogP contribution in [0.25, 0.3) is 0 Å². The van der Waals surface area contributed by atoms with Gasteiger partial charge in [0.25, 0.3) is 0 Å². The fourth-order valence-electron chi connectivity index (χ4n) is 2.05. The summed E-state index contributed by atoms with van der Waals surface area (Å²) < 4.78 is 5.05. The number of unbranched alkanes of at least 4 members (excludes halogenated alkanes) is 5. The maximum Gasteiger partial charge on any atom is 0.431 e. The zero-order chi connectivity index (χ0) is 17.9. The summed E-state index contributed by atoms with van der Waals surface area (Å²) in [5.74, 6) is 0.214. The lowest BCUT2D eigenvalue weighted by atomic mass is 10.1. The SMILES string of the molecule is CCCCCCCCN(NC(=O)Oc1ccc(Cl)c(Cl)c1)C(N)=O. The Bertz CT molecular complexity index is 555. The molecule has 1 rings (SSSR count). The average molecular weight is 376 g/mol. The van der Waals surface area contributed by atoms with Gasteiger partial charge in [0, 0.05) is 12.6 Å². The molecule has 1 aromatic carbocycles. The quantitative estimate of drug-likeness (QED) is 0.508. The van der Waals surface area contributed by atoms with E-state index >= 15 is 0 Å². The summed E-state index contributed by atoms with van der Waals surface area (Å²) in [6.07, 6.45) is 5.53. The van der Waals surface area contributed by atoms with Crippen molar-refractivity contribution in [3.05, 3.63) is 28.2 Å².